The number of halogens is 8. The highest BCUT2D eigenvalue weighted by atomic mass is 35.5. The molecular weight excluding hydrogens is 658 g/mol. The number of phenols is 1. The number of anilines is 1. The van der Waals surface area contributed by atoms with E-state index in [1.807, 2.05) is 0 Å². The van der Waals surface area contributed by atoms with Crippen LogP contribution in [0.2, 0.25) is 5.02 Å². The number of imide groups is 2. The van der Waals surface area contributed by atoms with E-state index in [9.17, 15) is 37.5 Å². The van der Waals surface area contributed by atoms with E-state index in [-0.39, 0.29) is 34.0 Å². The number of benzene rings is 2. The first kappa shape index (κ1) is 30.8. The number of aromatic hydroxyl groups is 1. The largest absolute Gasteiger partial charge is 0.508 e. The van der Waals surface area contributed by atoms with Gasteiger partial charge in [0, 0.05) is 23.0 Å². The Balaban J connectivity index is 1.61. The summed E-state index contributed by atoms with van der Waals surface area (Å²) in [5.74, 6) is -21.7. The number of likely N-dealkylation sites (tertiary alicyclic amines) is 1. The molecule has 2 aliphatic carbocycles. The molecule has 2 saturated heterocycles. The summed E-state index contributed by atoms with van der Waals surface area (Å²) >= 11 is 20.2. The lowest BCUT2D eigenvalue weighted by molar-refractivity contribution is -0.140. The molecule has 2 heterocycles. The second kappa shape index (κ2) is 10.1. The van der Waals surface area contributed by atoms with Gasteiger partial charge in [0.1, 0.15) is 11.4 Å². The van der Waals surface area contributed by atoms with Crippen LogP contribution >= 0.6 is 34.8 Å². The van der Waals surface area contributed by atoms with E-state index < -0.39 is 104 Å². The molecule has 7 nitrogen and oxygen atoms in total. The van der Waals surface area contributed by atoms with Crippen LogP contribution in [0.15, 0.2) is 29.8 Å². The zero-order chi connectivity index (χ0) is 32.2. The van der Waals surface area contributed by atoms with Crippen LogP contribution in [0.25, 0.3) is 0 Å². The number of fused-ring (bicyclic) bond motifs is 4. The van der Waals surface area contributed by atoms with E-state index in [1.165, 1.54) is 18.2 Å². The van der Waals surface area contributed by atoms with Crippen molar-refractivity contribution in [3.8, 4) is 5.75 Å². The molecule has 44 heavy (non-hydrogen) atoms. The standard InChI is InChI=1S/C29H20Cl3F5N2O5/c1-2-7-38-24(41)12-5-4-11-14(16(12)25(38)42)9-28(31)26(43)39(23-21(36)19(34)18(33)20(35)22(23)37)27(44)29(28,32)17(11)13-8-10(30)3-6-15(13)40/h3-4,6,8,12,14,16-17,40H,2,5,7,9H2,1H3/t12-,14+,16-,17+,28+,29-/m0/s1. The quantitative estimate of drug-likeness (QED) is 0.112. The monoisotopic (exact) mass is 676 g/mol. The Morgan fingerprint density at radius 3 is 2.14 bits per heavy atom. The molecule has 1 N–H and O–H groups in total. The second-order valence-electron chi connectivity index (χ2n) is 11.2. The van der Waals surface area contributed by atoms with Gasteiger partial charge in [-0.3, -0.25) is 24.1 Å². The molecule has 2 aromatic carbocycles. The van der Waals surface area contributed by atoms with Crippen molar-refractivity contribution in [1.82, 2.24) is 4.90 Å². The molecule has 0 radical (unpaired) electrons. The van der Waals surface area contributed by atoms with Crippen molar-refractivity contribution in [3.05, 3.63) is 69.5 Å². The fraction of sp³-hybridized carbons (Fsp3) is 0.379. The van der Waals surface area contributed by atoms with Gasteiger partial charge >= 0.3 is 0 Å². The van der Waals surface area contributed by atoms with Crippen LogP contribution in [0.3, 0.4) is 0 Å². The highest BCUT2D eigenvalue weighted by Crippen LogP contribution is 2.66. The summed E-state index contributed by atoms with van der Waals surface area (Å²) in [6.45, 7) is 1.87. The van der Waals surface area contributed by atoms with Crippen LogP contribution in [-0.4, -0.2) is 49.9 Å². The minimum Gasteiger partial charge on any atom is -0.508 e. The fourth-order valence-corrected chi connectivity index (χ4v) is 8.29. The molecule has 6 atom stereocenters. The maximum absolute atomic E-state index is 15.0. The van der Waals surface area contributed by atoms with Crippen LogP contribution in [0.1, 0.15) is 37.7 Å². The van der Waals surface area contributed by atoms with Crippen LogP contribution in [-0.2, 0) is 19.2 Å². The normalized spacial score (nSPS) is 31.3. The van der Waals surface area contributed by atoms with E-state index in [1.54, 1.807) is 6.92 Å². The minimum absolute atomic E-state index is 0.00482. The summed E-state index contributed by atoms with van der Waals surface area (Å²) in [5, 5.41) is 11.0. The van der Waals surface area contributed by atoms with Gasteiger partial charge in [0.25, 0.3) is 11.8 Å². The Hall–Kier alpha value is -3.22. The van der Waals surface area contributed by atoms with Crippen LogP contribution < -0.4 is 4.90 Å². The van der Waals surface area contributed by atoms with Gasteiger partial charge in [-0.05, 0) is 43.4 Å². The second-order valence-corrected chi connectivity index (χ2v) is 12.9. The molecule has 2 aliphatic heterocycles. The predicted molar refractivity (Wildman–Crippen MR) is 147 cm³/mol. The van der Waals surface area contributed by atoms with Crippen LogP contribution in [0, 0.1) is 46.8 Å². The molecule has 4 aliphatic rings. The molecule has 232 valence electrons. The molecule has 0 bridgehead atoms. The third-order valence-electron chi connectivity index (χ3n) is 9.06. The number of carbonyl (C=O) groups excluding carboxylic acids is 4. The molecular formula is C29H20Cl3F5N2O5. The van der Waals surface area contributed by atoms with Crippen molar-refractivity contribution in [2.45, 2.75) is 41.9 Å². The zero-order valence-corrected chi connectivity index (χ0v) is 24.7. The SMILES string of the molecule is CCCN1C(=O)[C@H]2[C@H](CC=C3[C@H]2C[C@@]2(Cl)C(=O)N(c4c(F)c(F)c(F)c(F)c4F)C(=O)[C@@]2(Cl)[C@H]3c2cc(Cl)ccc2O)C1=O. The summed E-state index contributed by atoms with van der Waals surface area (Å²) < 4.78 is 72.5. The van der Waals surface area contributed by atoms with E-state index >= 15 is 8.78 Å². The number of rotatable bonds is 4. The van der Waals surface area contributed by atoms with Gasteiger partial charge in [-0.25, -0.2) is 26.9 Å². The van der Waals surface area contributed by atoms with Crippen molar-refractivity contribution >= 4 is 64.1 Å². The Bertz CT molecular complexity index is 1710. The average molecular weight is 678 g/mol. The lowest BCUT2D eigenvalue weighted by atomic mass is 9.56. The van der Waals surface area contributed by atoms with Gasteiger partial charge in [-0.1, -0.05) is 30.2 Å². The molecule has 1 saturated carbocycles. The third kappa shape index (κ3) is 3.73. The van der Waals surface area contributed by atoms with Gasteiger partial charge in [-0.2, -0.15) is 0 Å². The smallest absolute Gasteiger partial charge is 0.258 e. The van der Waals surface area contributed by atoms with E-state index in [0.717, 1.165) is 11.0 Å². The number of nitrogens with zero attached hydrogens (tertiary/aromatic N) is 2. The van der Waals surface area contributed by atoms with Crippen molar-refractivity contribution in [3.63, 3.8) is 0 Å². The molecule has 0 spiro atoms. The lowest BCUT2D eigenvalue weighted by Gasteiger charge is -2.50. The summed E-state index contributed by atoms with van der Waals surface area (Å²) in [7, 11) is 0. The van der Waals surface area contributed by atoms with Crippen LogP contribution in [0.5, 0.6) is 5.75 Å². The maximum Gasteiger partial charge on any atom is 0.258 e. The first-order chi connectivity index (χ1) is 20.6. The van der Waals surface area contributed by atoms with E-state index in [0.29, 0.717) is 6.42 Å². The number of amides is 4. The number of alkyl halides is 2. The Morgan fingerprint density at radius 1 is 0.909 bits per heavy atom. The minimum atomic E-state index is -2.74. The number of hydrogen-bond acceptors (Lipinski definition) is 5. The summed E-state index contributed by atoms with van der Waals surface area (Å²) in [6, 6.07) is 3.66. The average Bonchev–Trinajstić information content (AvgIpc) is 3.31. The van der Waals surface area contributed by atoms with Gasteiger partial charge in [0.15, 0.2) is 33.0 Å². The molecule has 2 aromatic rings. The lowest BCUT2D eigenvalue weighted by Crippen LogP contribution is -2.60. The van der Waals surface area contributed by atoms with Crippen molar-refractivity contribution in [2.24, 2.45) is 17.8 Å². The highest BCUT2D eigenvalue weighted by molar-refractivity contribution is 6.58. The highest BCUT2D eigenvalue weighted by Gasteiger charge is 2.77. The van der Waals surface area contributed by atoms with Crippen molar-refractivity contribution < 1.29 is 46.2 Å². The predicted octanol–water partition coefficient (Wildman–Crippen LogP) is 5.71. The number of allylic oxidation sites excluding steroid dienone is 2. The molecule has 3 fully saturated rings. The van der Waals surface area contributed by atoms with Gasteiger partial charge in [0.2, 0.25) is 17.6 Å². The third-order valence-corrected chi connectivity index (χ3v) is 10.7. The fourth-order valence-electron chi connectivity index (χ4n) is 7.18. The van der Waals surface area contributed by atoms with Gasteiger partial charge in [-0.15, -0.1) is 23.2 Å². The zero-order valence-electron chi connectivity index (χ0n) is 22.4. The molecule has 6 rings (SSSR count). The van der Waals surface area contributed by atoms with Gasteiger partial charge in [0.05, 0.1) is 11.8 Å². The van der Waals surface area contributed by atoms with Crippen molar-refractivity contribution in [2.75, 3.05) is 11.4 Å². The van der Waals surface area contributed by atoms with Crippen molar-refractivity contribution in [1.29, 1.82) is 0 Å². The number of carbonyl (C=O) groups is 4. The van der Waals surface area contributed by atoms with Crippen LogP contribution in [0.4, 0.5) is 27.6 Å². The number of phenolic OH excluding ortho intramolecular Hbond substituents is 1. The Kier molecular flexibility index (Phi) is 7.10. The summed E-state index contributed by atoms with van der Waals surface area (Å²) in [4.78, 5) is 50.4. The summed E-state index contributed by atoms with van der Waals surface area (Å²) in [5.41, 5.74) is -1.82. The number of hydrogen-bond donors (Lipinski definition) is 1. The molecule has 15 heteroatoms. The maximum atomic E-state index is 15.0. The first-order valence-corrected chi connectivity index (χ1v) is 14.6. The summed E-state index contributed by atoms with van der Waals surface area (Å²) in [6.07, 6.45) is 1.37. The molecule has 4 amide bonds. The molecule has 0 aromatic heterocycles. The first-order valence-electron chi connectivity index (χ1n) is 13.4. The van der Waals surface area contributed by atoms with E-state index in [4.69, 9.17) is 34.8 Å². The topological polar surface area (TPSA) is 95.0 Å². The van der Waals surface area contributed by atoms with E-state index in [2.05, 4.69) is 0 Å². The van der Waals surface area contributed by atoms with Gasteiger partial charge < -0.3 is 5.11 Å². The Morgan fingerprint density at radius 2 is 1.52 bits per heavy atom. The Labute approximate surface area is 261 Å². The molecule has 0 unspecified atom stereocenters.